The Morgan fingerprint density at radius 3 is 2.44 bits per heavy atom. The smallest absolute Gasteiger partial charge is 0.471 e. The van der Waals surface area contributed by atoms with E-state index < -0.39 is 23.9 Å². The van der Waals surface area contributed by atoms with Crippen molar-refractivity contribution in [3.63, 3.8) is 0 Å². The molecular weight excluding hydrogens is 383 g/mol. The van der Waals surface area contributed by atoms with Gasteiger partial charge in [0.15, 0.2) is 17.3 Å². The summed E-state index contributed by atoms with van der Waals surface area (Å²) in [6.45, 7) is 0. The van der Waals surface area contributed by atoms with Crippen molar-refractivity contribution in [2.75, 3.05) is 14.2 Å². The molecule has 27 heavy (non-hydrogen) atoms. The number of methoxy groups -OCH3 is 2. The van der Waals surface area contributed by atoms with Gasteiger partial charge in [-0.1, -0.05) is 6.07 Å². The molecule has 0 saturated carbocycles. The van der Waals surface area contributed by atoms with E-state index >= 15 is 0 Å². The first-order valence-electron chi connectivity index (χ1n) is 7.69. The average Bonchev–Trinajstić information content (AvgIpc) is 3.22. The van der Waals surface area contributed by atoms with E-state index in [1.807, 2.05) is 5.32 Å². The molecule has 0 spiro atoms. The van der Waals surface area contributed by atoms with Crippen molar-refractivity contribution in [3.05, 3.63) is 51.2 Å². The number of carbonyl (C=O) groups excluding carboxylic acids is 2. The molecule has 0 unspecified atom stereocenters. The molecule has 1 heterocycles. The number of rotatable bonds is 4. The van der Waals surface area contributed by atoms with E-state index in [2.05, 4.69) is 0 Å². The van der Waals surface area contributed by atoms with Crippen molar-refractivity contribution in [1.82, 2.24) is 5.32 Å². The highest BCUT2D eigenvalue weighted by Crippen LogP contribution is 2.43. The van der Waals surface area contributed by atoms with Crippen LogP contribution in [0, 0.1) is 0 Å². The Bertz CT molecular complexity index is 919. The maximum absolute atomic E-state index is 12.8. The van der Waals surface area contributed by atoms with Crippen LogP contribution in [0.2, 0.25) is 0 Å². The van der Waals surface area contributed by atoms with Gasteiger partial charge in [0.2, 0.25) is 0 Å². The Balaban J connectivity index is 2.13. The number of hydrogen-bond acceptors (Lipinski definition) is 5. The second kappa shape index (κ2) is 7.07. The van der Waals surface area contributed by atoms with Gasteiger partial charge in [0.25, 0.3) is 0 Å². The minimum atomic E-state index is -5.07. The van der Waals surface area contributed by atoms with Crippen molar-refractivity contribution in [3.8, 4) is 11.5 Å². The number of halogens is 3. The standard InChI is InChI=1S/C18H14F3NO4S/c1-25-13-7-10-11(8-14(13)26-2)16(23)12(6-9-4-3-5-27-9)15(10)22-17(24)18(19,20)21/h3-8,15H,1-2H3,(H,22,24)/b12-6-/t15-/m0/s1. The molecule has 1 aliphatic carbocycles. The largest absolute Gasteiger partial charge is 0.493 e. The number of ketones is 1. The highest BCUT2D eigenvalue weighted by atomic mass is 32.1. The second-order valence-electron chi connectivity index (χ2n) is 5.64. The zero-order valence-electron chi connectivity index (χ0n) is 14.2. The molecule has 9 heteroatoms. The summed E-state index contributed by atoms with van der Waals surface area (Å²) in [6, 6.07) is 5.03. The lowest BCUT2D eigenvalue weighted by Crippen LogP contribution is -2.39. The van der Waals surface area contributed by atoms with Crippen LogP contribution in [-0.2, 0) is 4.79 Å². The zero-order valence-corrected chi connectivity index (χ0v) is 15.0. The molecule has 1 aromatic carbocycles. The first-order valence-corrected chi connectivity index (χ1v) is 8.57. The molecule has 0 saturated heterocycles. The second-order valence-corrected chi connectivity index (χ2v) is 6.62. The number of Topliss-reactive ketones (excluding diaryl/α,β-unsaturated/α-hetero) is 1. The summed E-state index contributed by atoms with van der Waals surface area (Å²) < 4.78 is 48.7. The molecule has 1 aromatic heterocycles. The number of ether oxygens (including phenoxy) is 2. The van der Waals surface area contributed by atoms with Crippen LogP contribution in [0.5, 0.6) is 11.5 Å². The van der Waals surface area contributed by atoms with Gasteiger partial charge in [-0.05, 0) is 35.2 Å². The number of amides is 1. The van der Waals surface area contributed by atoms with Crippen LogP contribution in [0.4, 0.5) is 13.2 Å². The third kappa shape index (κ3) is 3.55. The summed E-state index contributed by atoms with van der Waals surface area (Å²) in [5.41, 5.74) is 0.418. The fourth-order valence-electron chi connectivity index (χ4n) is 2.83. The van der Waals surface area contributed by atoms with Gasteiger partial charge in [-0.25, -0.2) is 0 Å². The molecule has 1 aliphatic rings. The highest BCUT2D eigenvalue weighted by molar-refractivity contribution is 7.10. The van der Waals surface area contributed by atoms with E-state index in [0.29, 0.717) is 4.88 Å². The molecule has 0 radical (unpaired) electrons. The first-order chi connectivity index (χ1) is 12.8. The van der Waals surface area contributed by atoms with Gasteiger partial charge in [0, 0.05) is 16.0 Å². The molecule has 1 amide bonds. The molecule has 2 aromatic rings. The molecule has 142 valence electrons. The van der Waals surface area contributed by atoms with Crippen LogP contribution in [0.15, 0.2) is 35.2 Å². The summed E-state index contributed by atoms with van der Waals surface area (Å²) in [5.74, 6) is -2.10. The predicted molar refractivity (Wildman–Crippen MR) is 93.1 cm³/mol. The lowest BCUT2D eigenvalue weighted by Gasteiger charge is -2.17. The molecule has 5 nitrogen and oxygen atoms in total. The Labute approximate surface area is 156 Å². The Hall–Kier alpha value is -2.81. The van der Waals surface area contributed by atoms with Gasteiger partial charge >= 0.3 is 12.1 Å². The van der Waals surface area contributed by atoms with Gasteiger partial charge in [-0.2, -0.15) is 13.2 Å². The number of alkyl halides is 3. The van der Waals surface area contributed by atoms with Gasteiger partial charge in [-0.15, -0.1) is 11.3 Å². The number of thiophene rings is 1. The van der Waals surface area contributed by atoms with Crippen LogP contribution >= 0.6 is 11.3 Å². The third-order valence-electron chi connectivity index (χ3n) is 4.06. The van der Waals surface area contributed by atoms with Gasteiger partial charge in [-0.3, -0.25) is 9.59 Å². The van der Waals surface area contributed by atoms with E-state index in [1.165, 1.54) is 43.8 Å². The SMILES string of the molecule is COc1cc2c(cc1OC)[C@H](NC(=O)C(F)(F)F)/C(=C/c1cccs1)C2=O. The number of fused-ring (bicyclic) bond motifs is 1. The minimum Gasteiger partial charge on any atom is -0.493 e. The van der Waals surface area contributed by atoms with Crippen LogP contribution in [0.25, 0.3) is 6.08 Å². The maximum atomic E-state index is 12.8. The molecule has 1 atom stereocenters. The highest BCUT2D eigenvalue weighted by Gasteiger charge is 2.44. The molecular formula is C18H14F3NO4S. The Kier molecular flexibility index (Phi) is 4.97. The van der Waals surface area contributed by atoms with E-state index in [-0.39, 0.29) is 28.2 Å². The van der Waals surface area contributed by atoms with Crippen molar-refractivity contribution in [2.45, 2.75) is 12.2 Å². The number of carbonyl (C=O) groups is 2. The van der Waals surface area contributed by atoms with Crippen LogP contribution < -0.4 is 14.8 Å². The summed E-state index contributed by atoms with van der Waals surface area (Å²) in [7, 11) is 2.75. The molecule has 0 aliphatic heterocycles. The lowest BCUT2D eigenvalue weighted by molar-refractivity contribution is -0.174. The lowest BCUT2D eigenvalue weighted by atomic mass is 10.0. The van der Waals surface area contributed by atoms with Gasteiger partial charge < -0.3 is 14.8 Å². The molecule has 3 rings (SSSR count). The zero-order chi connectivity index (χ0) is 19.8. The fraction of sp³-hybridized carbons (Fsp3) is 0.222. The van der Waals surface area contributed by atoms with Crippen molar-refractivity contribution in [1.29, 1.82) is 0 Å². The van der Waals surface area contributed by atoms with Crippen molar-refractivity contribution >= 4 is 29.1 Å². The quantitative estimate of drug-likeness (QED) is 0.798. The van der Waals surface area contributed by atoms with E-state index in [9.17, 15) is 22.8 Å². The maximum Gasteiger partial charge on any atom is 0.471 e. The first kappa shape index (κ1) is 19.0. The Morgan fingerprint density at radius 1 is 1.22 bits per heavy atom. The van der Waals surface area contributed by atoms with E-state index in [1.54, 1.807) is 17.5 Å². The normalized spacial score (nSPS) is 17.7. The third-order valence-corrected chi connectivity index (χ3v) is 4.88. The minimum absolute atomic E-state index is 0.0420. The number of benzene rings is 1. The van der Waals surface area contributed by atoms with Gasteiger partial charge in [0.05, 0.1) is 20.3 Å². The monoisotopic (exact) mass is 397 g/mol. The summed E-state index contributed by atoms with van der Waals surface area (Å²) in [4.78, 5) is 25.1. The predicted octanol–water partition coefficient (Wildman–Crippen LogP) is 3.76. The summed E-state index contributed by atoms with van der Waals surface area (Å²) in [6.07, 6.45) is -3.59. The fourth-order valence-corrected chi connectivity index (χ4v) is 3.49. The van der Waals surface area contributed by atoms with E-state index in [4.69, 9.17) is 9.47 Å². The average molecular weight is 397 g/mol. The summed E-state index contributed by atoms with van der Waals surface area (Å²) >= 11 is 1.32. The number of hydrogen-bond donors (Lipinski definition) is 1. The number of nitrogens with one attached hydrogen (secondary N) is 1. The molecule has 0 bridgehead atoms. The van der Waals surface area contributed by atoms with Crippen LogP contribution in [-0.4, -0.2) is 32.1 Å². The van der Waals surface area contributed by atoms with Crippen LogP contribution in [0.1, 0.15) is 26.8 Å². The topological polar surface area (TPSA) is 64.6 Å². The van der Waals surface area contributed by atoms with Gasteiger partial charge in [0.1, 0.15) is 0 Å². The molecule has 0 fully saturated rings. The van der Waals surface area contributed by atoms with Crippen molar-refractivity contribution in [2.24, 2.45) is 0 Å². The Morgan fingerprint density at radius 2 is 1.89 bits per heavy atom. The van der Waals surface area contributed by atoms with Crippen LogP contribution in [0.3, 0.4) is 0 Å². The summed E-state index contributed by atoms with van der Waals surface area (Å²) in [5, 5.41) is 3.68. The van der Waals surface area contributed by atoms with E-state index in [0.717, 1.165) is 0 Å². The van der Waals surface area contributed by atoms with Crippen molar-refractivity contribution < 1.29 is 32.2 Å². The molecule has 1 N–H and O–H groups in total.